The summed E-state index contributed by atoms with van der Waals surface area (Å²) in [6.45, 7) is 2.06. The van der Waals surface area contributed by atoms with Gasteiger partial charge in [0, 0.05) is 17.2 Å². The van der Waals surface area contributed by atoms with Gasteiger partial charge in [0.2, 0.25) is 5.91 Å². The lowest BCUT2D eigenvalue weighted by Crippen LogP contribution is -2.38. The van der Waals surface area contributed by atoms with Crippen molar-refractivity contribution < 1.29 is 4.79 Å². The van der Waals surface area contributed by atoms with Crippen molar-refractivity contribution in [3.63, 3.8) is 0 Å². The van der Waals surface area contributed by atoms with Crippen LogP contribution in [0.15, 0.2) is 84.9 Å². The van der Waals surface area contributed by atoms with Crippen molar-refractivity contribution >= 4 is 32.0 Å². The summed E-state index contributed by atoms with van der Waals surface area (Å²) in [5.74, 6) is 0.0560. The maximum Gasteiger partial charge on any atom is 0.245 e. The van der Waals surface area contributed by atoms with Gasteiger partial charge in [0.25, 0.3) is 0 Å². The second kappa shape index (κ2) is 6.82. The normalized spacial score (nSPS) is 19.3. The molecular weight excluding hydrogens is 398 g/mol. The monoisotopic (exact) mass is 417 g/mol. The summed E-state index contributed by atoms with van der Waals surface area (Å²) >= 11 is 3.73. The quantitative estimate of drug-likeness (QED) is 0.535. The molecule has 0 saturated heterocycles. The van der Waals surface area contributed by atoms with E-state index >= 15 is 0 Å². The first-order valence-corrected chi connectivity index (χ1v) is 9.72. The van der Waals surface area contributed by atoms with Crippen LogP contribution >= 0.6 is 15.9 Å². The second-order valence-electron chi connectivity index (χ2n) is 6.91. The fourth-order valence-electron chi connectivity index (χ4n) is 3.78. The minimum absolute atomic E-state index is 0.0560. The number of rotatable bonds is 3. The van der Waals surface area contributed by atoms with Crippen LogP contribution in [0.1, 0.15) is 22.3 Å². The fourth-order valence-corrected chi connectivity index (χ4v) is 4.39. The van der Waals surface area contributed by atoms with Crippen LogP contribution in [0, 0.1) is 6.92 Å². The van der Waals surface area contributed by atoms with Crippen molar-refractivity contribution in [3.05, 3.63) is 107 Å². The summed E-state index contributed by atoms with van der Waals surface area (Å²) < 4.78 is 0.905. The molecule has 0 aliphatic carbocycles. The van der Waals surface area contributed by atoms with Crippen molar-refractivity contribution in [1.29, 1.82) is 0 Å². The number of halogens is 1. The molecule has 4 rings (SSSR count). The Bertz CT molecular complexity index is 1020. The highest BCUT2D eigenvalue weighted by atomic mass is 79.9. The van der Waals surface area contributed by atoms with Crippen LogP contribution < -0.4 is 4.90 Å². The van der Waals surface area contributed by atoms with E-state index in [2.05, 4.69) is 59.3 Å². The third kappa shape index (κ3) is 2.83. The summed E-state index contributed by atoms with van der Waals surface area (Å²) in [6.07, 6.45) is 2.05. The van der Waals surface area contributed by atoms with Crippen LogP contribution in [-0.2, 0) is 10.2 Å². The summed E-state index contributed by atoms with van der Waals surface area (Å²) in [5, 5.41) is 0. The van der Waals surface area contributed by atoms with Crippen LogP contribution in [0.2, 0.25) is 0 Å². The first-order valence-electron chi connectivity index (χ1n) is 8.92. The van der Waals surface area contributed by atoms with Gasteiger partial charge in [-0.25, -0.2) is 0 Å². The van der Waals surface area contributed by atoms with Crippen molar-refractivity contribution in [2.24, 2.45) is 0 Å². The van der Waals surface area contributed by atoms with Crippen LogP contribution in [0.25, 0.3) is 4.48 Å². The van der Waals surface area contributed by atoms with E-state index in [9.17, 15) is 4.79 Å². The number of carbonyl (C=O) groups is 1. The van der Waals surface area contributed by atoms with Crippen molar-refractivity contribution in [2.75, 3.05) is 11.9 Å². The highest BCUT2D eigenvalue weighted by molar-refractivity contribution is 9.15. The van der Waals surface area contributed by atoms with Crippen LogP contribution in [0.3, 0.4) is 0 Å². The third-order valence-electron chi connectivity index (χ3n) is 5.23. The van der Waals surface area contributed by atoms with Gasteiger partial charge in [0.15, 0.2) is 0 Å². The number of hydrogen-bond acceptors (Lipinski definition) is 1. The van der Waals surface area contributed by atoms with Crippen LogP contribution in [0.5, 0.6) is 0 Å². The lowest BCUT2D eigenvalue weighted by atomic mass is 9.74. The van der Waals surface area contributed by atoms with Gasteiger partial charge < -0.3 is 4.90 Å². The van der Waals surface area contributed by atoms with Gasteiger partial charge in [-0.05, 0) is 35.8 Å². The second-order valence-corrected chi connectivity index (χ2v) is 7.77. The molecule has 0 spiro atoms. The summed E-state index contributed by atoms with van der Waals surface area (Å²) in [4.78, 5) is 15.4. The molecule has 1 heterocycles. The van der Waals surface area contributed by atoms with Gasteiger partial charge in [-0.15, -0.1) is 0 Å². The Hall–Kier alpha value is -2.65. The number of anilines is 1. The number of para-hydroxylation sites is 1. The molecular formula is C24H20BrNO. The van der Waals surface area contributed by atoms with E-state index in [4.69, 9.17) is 0 Å². The molecule has 1 unspecified atom stereocenters. The number of carbonyl (C=O) groups excluding carboxylic acids is 1. The zero-order valence-electron chi connectivity index (χ0n) is 15.3. The van der Waals surface area contributed by atoms with E-state index in [0.29, 0.717) is 0 Å². The number of fused-ring (bicyclic) bond motifs is 1. The number of hydrogen-bond donors (Lipinski definition) is 0. The molecule has 1 atom stereocenters. The molecule has 1 amide bonds. The van der Waals surface area contributed by atoms with Gasteiger partial charge in [-0.3, -0.25) is 4.79 Å². The summed E-state index contributed by atoms with van der Waals surface area (Å²) in [5.41, 5.74) is 4.30. The van der Waals surface area contributed by atoms with Crippen LogP contribution in [-0.4, -0.2) is 13.0 Å². The molecule has 3 aromatic carbocycles. The topological polar surface area (TPSA) is 20.3 Å². The predicted octanol–water partition coefficient (Wildman–Crippen LogP) is 5.69. The Morgan fingerprint density at radius 3 is 2.26 bits per heavy atom. The predicted molar refractivity (Wildman–Crippen MR) is 115 cm³/mol. The number of amides is 1. The molecule has 0 fully saturated rings. The number of aryl methyl sites for hydroxylation is 1. The van der Waals surface area contributed by atoms with Gasteiger partial charge >= 0.3 is 0 Å². The van der Waals surface area contributed by atoms with Crippen LogP contribution in [0.4, 0.5) is 5.69 Å². The Morgan fingerprint density at radius 2 is 1.56 bits per heavy atom. The highest BCUT2D eigenvalue weighted by Gasteiger charge is 2.49. The number of nitrogens with zero attached hydrogens (tertiary/aromatic N) is 1. The zero-order chi connectivity index (χ0) is 19.0. The average molecular weight is 418 g/mol. The van der Waals surface area contributed by atoms with Gasteiger partial charge in [0.05, 0.1) is 0 Å². The Balaban J connectivity index is 2.00. The standard InChI is InChI=1S/C24H20BrNO/c1-17-12-14-19(15-13-17)24(16-21(25)18-8-4-3-5-9-18)20-10-6-7-11-22(20)26(2)23(24)27/h3-16H,1-2H3/b21-16-. The van der Waals surface area contributed by atoms with E-state index in [0.717, 1.165) is 26.9 Å². The molecule has 134 valence electrons. The smallest absolute Gasteiger partial charge is 0.245 e. The lowest BCUT2D eigenvalue weighted by molar-refractivity contribution is -0.120. The molecule has 27 heavy (non-hydrogen) atoms. The third-order valence-corrected chi connectivity index (χ3v) is 5.92. The number of benzene rings is 3. The Labute approximate surface area is 168 Å². The number of likely N-dealkylation sites (N-methyl/N-ethyl adjacent to an activating group) is 1. The molecule has 1 aliphatic rings. The maximum absolute atomic E-state index is 13.6. The first-order chi connectivity index (χ1) is 13.0. The first kappa shape index (κ1) is 17.7. The van der Waals surface area contributed by atoms with Crippen molar-refractivity contribution in [1.82, 2.24) is 0 Å². The summed E-state index contributed by atoms with van der Waals surface area (Å²) in [6, 6.07) is 26.4. The van der Waals surface area contributed by atoms with E-state index in [1.54, 1.807) is 4.90 Å². The largest absolute Gasteiger partial charge is 0.314 e. The molecule has 0 radical (unpaired) electrons. The lowest BCUT2D eigenvalue weighted by Gasteiger charge is -2.26. The van der Waals surface area contributed by atoms with E-state index in [1.165, 1.54) is 5.56 Å². The SMILES string of the molecule is Cc1ccc(C2(/C=C(\Br)c3ccccc3)C(=O)N(C)c3ccccc32)cc1. The summed E-state index contributed by atoms with van der Waals surface area (Å²) in [7, 11) is 1.85. The van der Waals surface area contributed by atoms with Gasteiger partial charge in [-0.2, -0.15) is 0 Å². The Kier molecular flexibility index (Phi) is 4.48. The minimum Gasteiger partial charge on any atom is -0.314 e. The molecule has 3 aromatic rings. The van der Waals surface area contributed by atoms with Crippen molar-refractivity contribution in [3.8, 4) is 0 Å². The molecule has 0 bridgehead atoms. The molecule has 0 saturated carbocycles. The molecule has 0 N–H and O–H groups in total. The van der Waals surface area contributed by atoms with E-state index in [1.807, 2.05) is 55.6 Å². The molecule has 3 heteroatoms. The minimum atomic E-state index is -0.853. The highest BCUT2D eigenvalue weighted by Crippen LogP contribution is 2.48. The average Bonchev–Trinajstić information content (AvgIpc) is 2.92. The van der Waals surface area contributed by atoms with Crippen molar-refractivity contribution in [2.45, 2.75) is 12.3 Å². The van der Waals surface area contributed by atoms with Gasteiger partial charge in [0.1, 0.15) is 5.41 Å². The Morgan fingerprint density at radius 1 is 0.926 bits per heavy atom. The molecule has 1 aliphatic heterocycles. The zero-order valence-corrected chi connectivity index (χ0v) is 16.9. The molecule has 0 aromatic heterocycles. The molecule has 2 nitrogen and oxygen atoms in total. The van der Waals surface area contributed by atoms with Gasteiger partial charge in [-0.1, -0.05) is 94.3 Å². The van der Waals surface area contributed by atoms with E-state index < -0.39 is 5.41 Å². The van der Waals surface area contributed by atoms with E-state index in [-0.39, 0.29) is 5.91 Å². The maximum atomic E-state index is 13.6. The fraction of sp³-hybridized carbons (Fsp3) is 0.125.